The minimum absolute atomic E-state index is 0.188. The van der Waals surface area contributed by atoms with E-state index in [1.165, 1.54) is 0 Å². The third kappa shape index (κ3) is 2.85. The maximum Gasteiger partial charge on any atom is 0.274 e. The highest BCUT2D eigenvalue weighted by Crippen LogP contribution is 2.26. The van der Waals surface area contributed by atoms with E-state index in [-0.39, 0.29) is 5.91 Å². The van der Waals surface area contributed by atoms with E-state index in [4.69, 9.17) is 4.74 Å². The summed E-state index contributed by atoms with van der Waals surface area (Å²) < 4.78 is 7.18. The number of carbonyl (C=O) groups excluding carboxylic acids is 1. The molecular formula is C19H21N3O2. The van der Waals surface area contributed by atoms with Crippen molar-refractivity contribution in [1.82, 2.24) is 9.38 Å². The summed E-state index contributed by atoms with van der Waals surface area (Å²) in [6.45, 7) is 5.99. The van der Waals surface area contributed by atoms with Crippen molar-refractivity contribution in [1.29, 1.82) is 0 Å². The van der Waals surface area contributed by atoms with Crippen molar-refractivity contribution in [3.8, 4) is 5.75 Å². The molecule has 0 spiro atoms. The first-order valence-corrected chi connectivity index (χ1v) is 7.97. The summed E-state index contributed by atoms with van der Waals surface area (Å²) in [5.41, 5.74) is 4.96. The molecule has 3 rings (SSSR count). The largest absolute Gasteiger partial charge is 0.495 e. The number of anilines is 1. The number of nitrogens with one attached hydrogen (secondary N) is 1. The third-order valence-electron chi connectivity index (χ3n) is 4.01. The zero-order valence-corrected chi connectivity index (χ0v) is 14.4. The summed E-state index contributed by atoms with van der Waals surface area (Å²) in [6.07, 6.45) is 2.58. The molecule has 1 amide bonds. The van der Waals surface area contributed by atoms with Crippen LogP contribution in [-0.2, 0) is 6.42 Å². The van der Waals surface area contributed by atoms with Crippen LogP contribution in [0.1, 0.15) is 34.2 Å². The number of hydrogen-bond donors (Lipinski definition) is 1. The van der Waals surface area contributed by atoms with Crippen LogP contribution in [-0.4, -0.2) is 22.4 Å². The predicted molar refractivity (Wildman–Crippen MR) is 95.0 cm³/mol. The summed E-state index contributed by atoms with van der Waals surface area (Å²) in [4.78, 5) is 17.5. The Morgan fingerprint density at radius 1 is 1.21 bits per heavy atom. The van der Waals surface area contributed by atoms with Crippen molar-refractivity contribution in [3.05, 3.63) is 59.0 Å². The average Bonchev–Trinajstić information content (AvgIpc) is 2.92. The molecule has 0 aliphatic rings. The van der Waals surface area contributed by atoms with Gasteiger partial charge in [0.25, 0.3) is 5.91 Å². The van der Waals surface area contributed by atoms with Crippen LogP contribution in [0.3, 0.4) is 0 Å². The van der Waals surface area contributed by atoms with Gasteiger partial charge in [-0.3, -0.25) is 9.20 Å². The Morgan fingerprint density at radius 2 is 1.96 bits per heavy atom. The van der Waals surface area contributed by atoms with Crippen LogP contribution in [0, 0.1) is 13.8 Å². The number of methoxy groups -OCH3 is 1. The molecule has 1 N–H and O–H groups in total. The Labute approximate surface area is 141 Å². The molecule has 2 aromatic heterocycles. The lowest BCUT2D eigenvalue weighted by Crippen LogP contribution is -2.17. The van der Waals surface area contributed by atoms with E-state index < -0.39 is 0 Å². The standard InChI is InChI=1S/C19H21N3O2/c1-5-14-18(22-9-8-13(3)11-17(22)20-14)19(23)21-15-10-12(2)6-7-16(15)24-4/h6-11H,5H2,1-4H3,(H,21,23). The van der Waals surface area contributed by atoms with Crippen LogP contribution in [0.5, 0.6) is 5.75 Å². The van der Waals surface area contributed by atoms with E-state index in [0.717, 1.165) is 22.5 Å². The quantitative estimate of drug-likeness (QED) is 0.795. The highest BCUT2D eigenvalue weighted by Gasteiger charge is 2.19. The Balaban J connectivity index is 2.04. The molecule has 24 heavy (non-hydrogen) atoms. The van der Waals surface area contributed by atoms with E-state index in [1.807, 2.05) is 61.7 Å². The van der Waals surface area contributed by atoms with Gasteiger partial charge in [0, 0.05) is 6.20 Å². The molecule has 0 unspecified atom stereocenters. The first-order chi connectivity index (χ1) is 11.5. The molecular weight excluding hydrogens is 302 g/mol. The molecule has 0 radical (unpaired) electrons. The van der Waals surface area contributed by atoms with Gasteiger partial charge in [0.1, 0.15) is 17.1 Å². The number of pyridine rings is 1. The number of fused-ring (bicyclic) bond motifs is 1. The van der Waals surface area contributed by atoms with Gasteiger partial charge < -0.3 is 10.1 Å². The molecule has 5 nitrogen and oxygen atoms in total. The third-order valence-corrected chi connectivity index (χ3v) is 4.01. The van der Waals surface area contributed by atoms with Crippen molar-refractivity contribution >= 4 is 17.2 Å². The van der Waals surface area contributed by atoms with Crippen LogP contribution in [0.2, 0.25) is 0 Å². The predicted octanol–water partition coefficient (Wildman–Crippen LogP) is 3.77. The van der Waals surface area contributed by atoms with Crippen LogP contribution in [0.25, 0.3) is 5.65 Å². The lowest BCUT2D eigenvalue weighted by atomic mass is 10.2. The maximum absolute atomic E-state index is 12.9. The van der Waals surface area contributed by atoms with Crippen molar-refractivity contribution in [2.24, 2.45) is 0 Å². The second-order valence-corrected chi connectivity index (χ2v) is 5.85. The van der Waals surface area contributed by atoms with E-state index in [0.29, 0.717) is 23.6 Å². The zero-order chi connectivity index (χ0) is 17.3. The number of aromatic nitrogens is 2. The van der Waals surface area contributed by atoms with Gasteiger partial charge in [0.15, 0.2) is 0 Å². The number of ether oxygens (including phenoxy) is 1. The first-order valence-electron chi connectivity index (χ1n) is 7.97. The zero-order valence-electron chi connectivity index (χ0n) is 14.4. The fourth-order valence-electron chi connectivity index (χ4n) is 2.78. The summed E-state index contributed by atoms with van der Waals surface area (Å²) in [5.74, 6) is 0.448. The fraction of sp³-hybridized carbons (Fsp3) is 0.263. The van der Waals surface area contributed by atoms with Gasteiger partial charge in [0.2, 0.25) is 0 Å². The van der Waals surface area contributed by atoms with Crippen LogP contribution < -0.4 is 10.1 Å². The number of nitrogens with zero attached hydrogens (tertiary/aromatic N) is 2. The Hall–Kier alpha value is -2.82. The number of benzene rings is 1. The Kier molecular flexibility index (Phi) is 4.25. The average molecular weight is 323 g/mol. The Morgan fingerprint density at radius 3 is 2.67 bits per heavy atom. The maximum atomic E-state index is 12.9. The summed E-state index contributed by atoms with van der Waals surface area (Å²) in [6, 6.07) is 9.64. The molecule has 1 aromatic carbocycles. The smallest absolute Gasteiger partial charge is 0.274 e. The highest BCUT2D eigenvalue weighted by atomic mass is 16.5. The summed E-state index contributed by atoms with van der Waals surface area (Å²) in [5, 5.41) is 2.96. The minimum atomic E-state index is -0.188. The van der Waals surface area contributed by atoms with E-state index in [1.54, 1.807) is 7.11 Å². The number of hydrogen-bond acceptors (Lipinski definition) is 3. The normalized spacial score (nSPS) is 10.8. The van der Waals surface area contributed by atoms with Gasteiger partial charge in [0.05, 0.1) is 18.5 Å². The van der Waals surface area contributed by atoms with Crippen molar-refractivity contribution in [3.63, 3.8) is 0 Å². The fourth-order valence-corrected chi connectivity index (χ4v) is 2.78. The molecule has 2 heterocycles. The van der Waals surface area contributed by atoms with E-state index in [9.17, 15) is 4.79 Å². The molecule has 5 heteroatoms. The van der Waals surface area contributed by atoms with Crippen molar-refractivity contribution in [2.75, 3.05) is 12.4 Å². The van der Waals surface area contributed by atoms with Gasteiger partial charge in [-0.2, -0.15) is 0 Å². The number of aryl methyl sites for hydroxylation is 3. The van der Waals surface area contributed by atoms with E-state index in [2.05, 4.69) is 10.3 Å². The molecule has 0 saturated carbocycles. The van der Waals surface area contributed by atoms with Gasteiger partial charge in [-0.15, -0.1) is 0 Å². The molecule has 0 aliphatic heterocycles. The molecule has 3 aromatic rings. The number of amides is 1. The molecule has 124 valence electrons. The highest BCUT2D eigenvalue weighted by molar-refractivity contribution is 6.05. The molecule has 0 fully saturated rings. The Bertz CT molecular complexity index is 912. The lowest BCUT2D eigenvalue weighted by Gasteiger charge is -2.11. The molecule has 0 saturated heterocycles. The van der Waals surface area contributed by atoms with E-state index >= 15 is 0 Å². The van der Waals surface area contributed by atoms with Crippen LogP contribution in [0.4, 0.5) is 5.69 Å². The minimum Gasteiger partial charge on any atom is -0.495 e. The number of imidazole rings is 1. The van der Waals surface area contributed by atoms with Crippen LogP contribution >= 0.6 is 0 Å². The lowest BCUT2D eigenvalue weighted by molar-refractivity contribution is 0.102. The SMILES string of the molecule is CCc1nc2cc(C)ccn2c1C(=O)Nc1cc(C)ccc1OC. The second kappa shape index (κ2) is 6.35. The second-order valence-electron chi connectivity index (χ2n) is 5.85. The summed E-state index contributed by atoms with van der Waals surface area (Å²) in [7, 11) is 1.59. The number of rotatable bonds is 4. The van der Waals surface area contributed by atoms with Crippen molar-refractivity contribution < 1.29 is 9.53 Å². The molecule has 0 aliphatic carbocycles. The topological polar surface area (TPSA) is 55.6 Å². The first kappa shape index (κ1) is 16.1. The molecule has 0 bridgehead atoms. The van der Waals surface area contributed by atoms with Gasteiger partial charge in [-0.05, 0) is 55.7 Å². The molecule has 0 atom stereocenters. The van der Waals surface area contributed by atoms with Gasteiger partial charge >= 0.3 is 0 Å². The van der Waals surface area contributed by atoms with Crippen molar-refractivity contribution in [2.45, 2.75) is 27.2 Å². The number of carbonyl (C=O) groups is 1. The van der Waals surface area contributed by atoms with Gasteiger partial charge in [-0.25, -0.2) is 4.98 Å². The van der Waals surface area contributed by atoms with Crippen LogP contribution in [0.15, 0.2) is 36.5 Å². The monoisotopic (exact) mass is 323 g/mol. The summed E-state index contributed by atoms with van der Waals surface area (Å²) >= 11 is 0. The van der Waals surface area contributed by atoms with Gasteiger partial charge in [-0.1, -0.05) is 13.0 Å².